The SMILES string of the molecule is COc1ccc(S(=O)(=O)N2CCC(C(=O)NCCCN3c4ccccc4C[C@H]3C)CC2)cc1. The predicted octanol–water partition coefficient (Wildman–Crippen LogP) is 3.05. The first-order valence-corrected chi connectivity index (χ1v) is 13.1. The van der Waals surface area contributed by atoms with E-state index in [1.807, 2.05) is 0 Å². The van der Waals surface area contributed by atoms with E-state index in [9.17, 15) is 13.2 Å². The smallest absolute Gasteiger partial charge is 0.243 e. The van der Waals surface area contributed by atoms with Crippen molar-refractivity contribution in [3.8, 4) is 5.75 Å². The molecule has 0 spiro atoms. The van der Waals surface area contributed by atoms with E-state index in [2.05, 4.69) is 41.4 Å². The van der Waals surface area contributed by atoms with E-state index in [0.29, 0.717) is 44.3 Å². The number of anilines is 1. The van der Waals surface area contributed by atoms with Gasteiger partial charge in [-0.15, -0.1) is 0 Å². The van der Waals surface area contributed by atoms with E-state index in [4.69, 9.17) is 4.74 Å². The van der Waals surface area contributed by atoms with Crippen LogP contribution in [0.2, 0.25) is 0 Å². The molecule has 8 heteroatoms. The average Bonchev–Trinajstić information content (AvgIpc) is 3.16. The lowest BCUT2D eigenvalue weighted by molar-refractivity contribution is -0.126. The van der Waals surface area contributed by atoms with Crippen LogP contribution < -0.4 is 15.0 Å². The van der Waals surface area contributed by atoms with Crippen LogP contribution in [0.15, 0.2) is 53.4 Å². The van der Waals surface area contributed by atoms with Crippen molar-refractivity contribution < 1.29 is 17.9 Å². The fraction of sp³-hybridized carbons (Fsp3) is 0.480. The minimum Gasteiger partial charge on any atom is -0.497 e. The number of nitrogens with one attached hydrogen (secondary N) is 1. The van der Waals surface area contributed by atoms with Gasteiger partial charge in [0.2, 0.25) is 15.9 Å². The highest BCUT2D eigenvalue weighted by Gasteiger charge is 2.32. The Morgan fingerprint density at radius 3 is 2.48 bits per heavy atom. The van der Waals surface area contributed by atoms with Crippen LogP contribution in [0.4, 0.5) is 5.69 Å². The average molecular weight is 472 g/mol. The van der Waals surface area contributed by atoms with Gasteiger partial charge in [-0.3, -0.25) is 4.79 Å². The van der Waals surface area contributed by atoms with Gasteiger partial charge in [-0.25, -0.2) is 8.42 Å². The van der Waals surface area contributed by atoms with Gasteiger partial charge in [0.05, 0.1) is 12.0 Å². The zero-order valence-corrected chi connectivity index (χ0v) is 20.2. The van der Waals surface area contributed by atoms with Gasteiger partial charge in [-0.1, -0.05) is 18.2 Å². The Labute approximate surface area is 196 Å². The molecule has 7 nitrogen and oxygen atoms in total. The second kappa shape index (κ2) is 10.1. The lowest BCUT2D eigenvalue weighted by Crippen LogP contribution is -2.43. The molecule has 4 rings (SSSR count). The third kappa shape index (κ3) is 5.17. The van der Waals surface area contributed by atoms with Crippen LogP contribution in [0.1, 0.15) is 31.7 Å². The van der Waals surface area contributed by atoms with Gasteiger partial charge in [0.1, 0.15) is 5.75 Å². The van der Waals surface area contributed by atoms with E-state index in [-0.39, 0.29) is 16.7 Å². The first-order chi connectivity index (χ1) is 15.9. The van der Waals surface area contributed by atoms with Crippen LogP contribution in [0, 0.1) is 5.92 Å². The summed E-state index contributed by atoms with van der Waals surface area (Å²) in [6, 6.07) is 15.4. The summed E-state index contributed by atoms with van der Waals surface area (Å²) in [6.45, 7) is 4.50. The quantitative estimate of drug-likeness (QED) is 0.599. The number of fused-ring (bicyclic) bond motifs is 1. The third-order valence-electron chi connectivity index (χ3n) is 6.75. The number of ether oxygens (including phenoxy) is 1. The predicted molar refractivity (Wildman–Crippen MR) is 129 cm³/mol. The number of hydrogen-bond acceptors (Lipinski definition) is 5. The summed E-state index contributed by atoms with van der Waals surface area (Å²) in [6.07, 6.45) is 3.03. The number of carbonyl (C=O) groups excluding carboxylic acids is 1. The van der Waals surface area contributed by atoms with Crippen molar-refractivity contribution in [1.82, 2.24) is 9.62 Å². The molecule has 2 aromatic rings. The zero-order valence-electron chi connectivity index (χ0n) is 19.4. The minimum atomic E-state index is -3.56. The summed E-state index contributed by atoms with van der Waals surface area (Å²) in [7, 11) is -2.01. The number of nitrogens with zero attached hydrogens (tertiary/aromatic N) is 2. The number of amides is 1. The summed E-state index contributed by atoms with van der Waals surface area (Å²) in [4.78, 5) is 15.3. The fourth-order valence-electron chi connectivity index (χ4n) is 4.83. The molecule has 2 aliphatic rings. The Hall–Kier alpha value is -2.58. The van der Waals surface area contributed by atoms with E-state index >= 15 is 0 Å². The molecule has 0 aliphatic carbocycles. The Morgan fingerprint density at radius 2 is 1.79 bits per heavy atom. The molecule has 1 fully saturated rings. The van der Waals surface area contributed by atoms with Crippen LogP contribution in [0.25, 0.3) is 0 Å². The van der Waals surface area contributed by atoms with Crippen LogP contribution in [0.5, 0.6) is 5.75 Å². The van der Waals surface area contributed by atoms with Crippen LogP contribution in [-0.2, 0) is 21.2 Å². The minimum absolute atomic E-state index is 0.0337. The fourth-order valence-corrected chi connectivity index (χ4v) is 6.30. The normalized spacial score (nSPS) is 19.3. The molecule has 178 valence electrons. The second-order valence-electron chi connectivity index (χ2n) is 8.87. The van der Waals surface area contributed by atoms with Crippen molar-refractivity contribution in [2.45, 2.75) is 43.5 Å². The highest BCUT2D eigenvalue weighted by Crippen LogP contribution is 2.31. The van der Waals surface area contributed by atoms with Gasteiger partial charge < -0.3 is 15.0 Å². The van der Waals surface area contributed by atoms with Gasteiger partial charge >= 0.3 is 0 Å². The van der Waals surface area contributed by atoms with Crippen LogP contribution >= 0.6 is 0 Å². The molecule has 1 amide bonds. The maximum Gasteiger partial charge on any atom is 0.243 e. The molecule has 2 aromatic carbocycles. The molecule has 1 saturated heterocycles. The van der Waals surface area contributed by atoms with Gasteiger partial charge in [0, 0.05) is 43.8 Å². The van der Waals surface area contributed by atoms with Crippen molar-refractivity contribution in [1.29, 1.82) is 0 Å². The molecule has 0 saturated carbocycles. The van der Waals surface area contributed by atoms with Gasteiger partial charge in [-0.2, -0.15) is 4.31 Å². The molecule has 2 heterocycles. The first kappa shape index (κ1) is 23.6. The summed E-state index contributed by atoms with van der Waals surface area (Å²) in [5, 5.41) is 3.07. The first-order valence-electron chi connectivity index (χ1n) is 11.7. The van der Waals surface area contributed by atoms with Gasteiger partial charge in [0.15, 0.2) is 0 Å². The topological polar surface area (TPSA) is 79.0 Å². The van der Waals surface area contributed by atoms with Gasteiger partial charge in [0.25, 0.3) is 0 Å². The number of piperidine rings is 1. The molecular weight excluding hydrogens is 438 g/mol. The highest BCUT2D eigenvalue weighted by molar-refractivity contribution is 7.89. The van der Waals surface area contributed by atoms with E-state index in [1.54, 1.807) is 31.4 Å². The van der Waals surface area contributed by atoms with Crippen molar-refractivity contribution in [2.75, 3.05) is 38.2 Å². The maximum absolute atomic E-state index is 12.9. The van der Waals surface area contributed by atoms with Crippen molar-refractivity contribution in [2.24, 2.45) is 5.92 Å². The molecule has 0 aromatic heterocycles. The molecule has 2 aliphatic heterocycles. The van der Waals surface area contributed by atoms with Gasteiger partial charge in [-0.05, 0) is 68.5 Å². The molecule has 1 atom stereocenters. The largest absolute Gasteiger partial charge is 0.497 e. The Balaban J connectivity index is 1.22. The second-order valence-corrected chi connectivity index (χ2v) is 10.8. The number of methoxy groups -OCH3 is 1. The maximum atomic E-state index is 12.9. The van der Waals surface area contributed by atoms with E-state index in [1.165, 1.54) is 15.6 Å². The molecule has 0 unspecified atom stereocenters. The number of rotatable bonds is 8. The Kier molecular flexibility index (Phi) is 7.24. The number of hydrogen-bond donors (Lipinski definition) is 1. The van der Waals surface area contributed by atoms with E-state index in [0.717, 1.165) is 19.4 Å². The molecule has 33 heavy (non-hydrogen) atoms. The Morgan fingerprint density at radius 1 is 1.09 bits per heavy atom. The summed E-state index contributed by atoms with van der Waals surface area (Å²) < 4.78 is 32.4. The van der Waals surface area contributed by atoms with E-state index < -0.39 is 10.0 Å². The third-order valence-corrected chi connectivity index (χ3v) is 8.66. The number of sulfonamides is 1. The highest BCUT2D eigenvalue weighted by atomic mass is 32.2. The lowest BCUT2D eigenvalue weighted by atomic mass is 9.97. The molecular formula is C25H33N3O4S. The van der Waals surface area contributed by atoms with Crippen LogP contribution in [0.3, 0.4) is 0 Å². The summed E-state index contributed by atoms with van der Waals surface area (Å²) in [5.41, 5.74) is 2.70. The molecule has 0 bridgehead atoms. The number of para-hydroxylation sites is 1. The summed E-state index contributed by atoms with van der Waals surface area (Å²) >= 11 is 0. The monoisotopic (exact) mass is 471 g/mol. The summed E-state index contributed by atoms with van der Waals surface area (Å²) in [5.74, 6) is 0.512. The van der Waals surface area contributed by atoms with Crippen molar-refractivity contribution in [3.05, 3.63) is 54.1 Å². The molecule has 0 radical (unpaired) electrons. The number of carbonyl (C=O) groups is 1. The lowest BCUT2D eigenvalue weighted by Gasteiger charge is -2.30. The van der Waals surface area contributed by atoms with Crippen molar-refractivity contribution >= 4 is 21.6 Å². The van der Waals surface area contributed by atoms with Crippen molar-refractivity contribution in [3.63, 3.8) is 0 Å². The molecule has 1 N–H and O–H groups in total. The van der Waals surface area contributed by atoms with Crippen LogP contribution in [-0.4, -0.2) is 58.0 Å². The Bertz CT molecular complexity index is 1060. The standard InChI is InChI=1S/C25H33N3O4S/c1-19-18-21-6-3-4-7-24(21)28(19)15-5-14-26-25(29)20-12-16-27(17-13-20)33(30,31)23-10-8-22(32-2)9-11-23/h3-4,6-11,19-20H,5,12-18H2,1-2H3,(H,26,29)/t19-/m1/s1. The zero-order chi connectivity index (χ0) is 23.4. The number of benzene rings is 2.